The highest BCUT2D eigenvalue weighted by Gasteiger charge is 2.48. The van der Waals surface area contributed by atoms with Crippen molar-refractivity contribution in [2.24, 2.45) is 0 Å². The second-order valence-corrected chi connectivity index (χ2v) is 4.30. The normalized spacial score (nSPS) is 22.4. The summed E-state index contributed by atoms with van der Waals surface area (Å²) in [5.74, 6) is -0.536. The molecule has 0 saturated heterocycles. The van der Waals surface area contributed by atoms with Crippen molar-refractivity contribution in [2.45, 2.75) is 18.0 Å². The van der Waals surface area contributed by atoms with Crippen molar-refractivity contribution in [1.82, 2.24) is 0 Å². The van der Waals surface area contributed by atoms with Crippen LogP contribution >= 0.6 is 0 Å². The minimum absolute atomic E-state index is 0.207. The molecule has 0 saturated carbocycles. The first-order chi connectivity index (χ1) is 6.72. The van der Waals surface area contributed by atoms with Gasteiger partial charge in [0.15, 0.2) is 0 Å². The van der Waals surface area contributed by atoms with Gasteiger partial charge < -0.3 is 9.29 Å². The highest BCUT2D eigenvalue weighted by Crippen LogP contribution is 2.27. The molecular formula is C7H7F3O4S. The van der Waals surface area contributed by atoms with Crippen molar-refractivity contribution >= 4 is 10.1 Å². The van der Waals surface area contributed by atoms with Gasteiger partial charge in [0.2, 0.25) is 0 Å². The van der Waals surface area contributed by atoms with Crippen molar-refractivity contribution in [1.29, 1.82) is 0 Å². The highest BCUT2D eigenvalue weighted by atomic mass is 32.2. The molecule has 0 heterocycles. The molecule has 0 aromatic rings. The van der Waals surface area contributed by atoms with Gasteiger partial charge in [0.1, 0.15) is 5.76 Å². The standard InChI is InChI=1S/C7H7F3O4S/c8-7(9,10)15(12,13)14-6-3-1-2-5(11)4-6/h1,3-5,11H,2H2/t5-/m1/s1. The summed E-state index contributed by atoms with van der Waals surface area (Å²) in [7, 11) is -5.65. The van der Waals surface area contributed by atoms with E-state index in [4.69, 9.17) is 5.11 Å². The number of rotatable bonds is 2. The minimum Gasteiger partial charge on any atom is -0.389 e. The summed E-state index contributed by atoms with van der Waals surface area (Å²) in [5, 5.41) is 9.00. The Kier molecular flexibility index (Phi) is 3.10. The second kappa shape index (κ2) is 3.86. The van der Waals surface area contributed by atoms with E-state index in [0.717, 1.165) is 12.2 Å². The summed E-state index contributed by atoms with van der Waals surface area (Å²) in [6.07, 6.45) is 2.43. The highest BCUT2D eigenvalue weighted by molar-refractivity contribution is 7.87. The van der Waals surface area contributed by atoms with Crippen LogP contribution in [0, 0.1) is 0 Å². The lowest BCUT2D eigenvalue weighted by atomic mass is 10.1. The van der Waals surface area contributed by atoms with E-state index >= 15 is 0 Å². The van der Waals surface area contributed by atoms with Crippen molar-refractivity contribution in [3.63, 3.8) is 0 Å². The number of alkyl halides is 3. The van der Waals surface area contributed by atoms with Gasteiger partial charge in [-0.05, 0) is 18.6 Å². The fraction of sp³-hybridized carbons (Fsp3) is 0.429. The van der Waals surface area contributed by atoms with Crippen LogP contribution in [0.3, 0.4) is 0 Å². The average molecular weight is 244 g/mol. The van der Waals surface area contributed by atoms with Crippen LogP contribution in [0.1, 0.15) is 6.42 Å². The minimum atomic E-state index is -5.65. The fourth-order valence-corrected chi connectivity index (χ4v) is 1.33. The Bertz CT molecular complexity index is 393. The molecule has 4 nitrogen and oxygen atoms in total. The molecule has 0 aliphatic heterocycles. The molecule has 0 radical (unpaired) electrons. The van der Waals surface area contributed by atoms with Gasteiger partial charge >= 0.3 is 15.6 Å². The van der Waals surface area contributed by atoms with E-state index < -0.39 is 27.5 Å². The van der Waals surface area contributed by atoms with Crippen LogP contribution in [0.5, 0.6) is 0 Å². The van der Waals surface area contributed by atoms with Crippen molar-refractivity contribution in [3.8, 4) is 0 Å². The van der Waals surface area contributed by atoms with Gasteiger partial charge in [-0.25, -0.2) is 0 Å². The van der Waals surface area contributed by atoms with E-state index in [1.165, 1.54) is 6.08 Å². The maximum absolute atomic E-state index is 11.9. The molecule has 0 amide bonds. The first-order valence-electron chi connectivity index (χ1n) is 3.79. The number of hydrogen-bond donors (Lipinski definition) is 1. The van der Waals surface area contributed by atoms with Crippen LogP contribution < -0.4 is 0 Å². The Balaban J connectivity index is 2.84. The Labute approximate surface area is 83.8 Å². The first kappa shape index (κ1) is 12.1. The van der Waals surface area contributed by atoms with E-state index in [-0.39, 0.29) is 6.42 Å². The molecule has 0 aromatic carbocycles. The molecule has 86 valence electrons. The van der Waals surface area contributed by atoms with Crippen molar-refractivity contribution in [2.75, 3.05) is 0 Å². The lowest BCUT2D eigenvalue weighted by Crippen LogP contribution is -2.25. The summed E-state index contributed by atoms with van der Waals surface area (Å²) in [4.78, 5) is 0. The third kappa shape index (κ3) is 2.96. The van der Waals surface area contributed by atoms with E-state index in [2.05, 4.69) is 4.18 Å². The summed E-state index contributed by atoms with van der Waals surface area (Å²) < 4.78 is 60.4. The Morgan fingerprint density at radius 1 is 1.47 bits per heavy atom. The van der Waals surface area contributed by atoms with Crippen LogP contribution in [0.4, 0.5) is 13.2 Å². The van der Waals surface area contributed by atoms with Gasteiger partial charge in [0, 0.05) is 0 Å². The smallest absolute Gasteiger partial charge is 0.389 e. The summed E-state index contributed by atoms with van der Waals surface area (Å²) in [6, 6.07) is 0. The zero-order chi connectivity index (χ0) is 11.7. The predicted molar refractivity (Wildman–Crippen MR) is 43.9 cm³/mol. The SMILES string of the molecule is O=S(=O)(OC1=C[C@H](O)CC=C1)C(F)(F)F. The molecule has 8 heteroatoms. The molecule has 0 unspecified atom stereocenters. The quantitative estimate of drug-likeness (QED) is 0.582. The van der Waals surface area contributed by atoms with E-state index in [9.17, 15) is 21.6 Å². The van der Waals surface area contributed by atoms with Gasteiger partial charge in [-0.2, -0.15) is 21.6 Å². The maximum atomic E-state index is 11.9. The lowest BCUT2D eigenvalue weighted by molar-refractivity contribution is -0.0520. The topological polar surface area (TPSA) is 63.6 Å². The lowest BCUT2D eigenvalue weighted by Gasteiger charge is -2.13. The van der Waals surface area contributed by atoms with Crippen molar-refractivity contribution < 1.29 is 30.9 Å². The van der Waals surface area contributed by atoms with Gasteiger partial charge in [-0.1, -0.05) is 6.08 Å². The Morgan fingerprint density at radius 3 is 2.53 bits per heavy atom. The molecule has 0 fully saturated rings. The molecule has 1 N–H and O–H groups in total. The number of aliphatic hydroxyl groups excluding tert-OH is 1. The number of hydrogen-bond acceptors (Lipinski definition) is 4. The van der Waals surface area contributed by atoms with Crippen LogP contribution in [0.15, 0.2) is 24.0 Å². The molecule has 0 bridgehead atoms. The molecule has 1 atom stereocenters. The zero-order valence-corrected chi connectivity index (χ0v) is 8.05. The molecular weight excluding hydrogens is 237 g/mol. The van der Waals surface area contributed by atoms with Crippen LogP contribution in [-0.2, 0) is 14.3 Å². The second-order valence-electron chi connectivity index (χ2n) is 2.76. The first-order valence-corrected chi connectivity index (χ1v) is 5.20. The number of allylic oxidation sites excluding steroid dienone is 1. The molecule has 1 rings (SSSR count). The van der Waals surface area contributed by atoms with Crippen LogP contribution in [-0.4, -0.2) is 25.1 Å². The summed E-state index contributed by atoms with van der Waals surface area (Å²) >= 11 is 0. The predicted octanol–water partition coefficient (Wildman–Crippen LogP) is 1.06. The van der Waals surface area contributed by atoms with Crippen molar-refractivity contribution in [3.05, 3.63) is 24.0 Å². The van der Waals surface area contributed by atoms with E-state index in [1.54, 1.807) is 0 Å². The third-order valence-electron chi connectivity index (χ3n) is 1.51. The molecule has 15 heavy (non-hydrogen) atoms. The largest absolute Gasteiger partial charge is 0.534 e. The number of halogens is 3. The van der Waals surface area contributed by atoms with Gasteiger partial charge in [0.05, 0.1) is 6.10 Å². The van der Waals surface area contributed by atoms with Gasteiger partial charge in [-0.3, -0.25) is 0 Å². The van der Waals surface area contributed by atoms with Gasteiger partial charge in [-0.15, -0.1) is 0 Å². The number of aliphatic hydroxyl groups is 1. The molecule has 1 aliphatic rings. The third-order valence-corrected chi connectivity index (χ3v) is 2.48. The van der Waals surface area contributed by atoms with E-state index in [1.807, 2.05) is 0 Å². The Hall–Kier alpha value is -1.02. The van der Waals surface area contributed by atoms with Crippen LogP contribution in [0.2, 0.25) is 0 Å². The average Bonchev–Trinajstić information content (AvgIpc) is 2.00. The monoisotopic (exact) mass is 244 g/mol. The summed E-state index contributed by atoms with van der Waals surface area (Å²) in [5.41, 5.74) is -5.47. The zero-order valence-electron chi connectivity index (χ0n) is 7.23. The maximum Gasteiger partial charge on any atom is 0.534 e. The van der Waals surface area contributed by atoms with Gasteiger partial charge in [0.25, 0.3) is 0 Å². The molecule has 0 aromatic heterocycles. The fourth-order valence-electron chi connectivity index (χ4n) is 0.866. The Morgan fingerprint density at radius 2 is 2.07 bits per heavy atom. The molecule has 1 aliphatic carbocycles. The van der Waals surface area contributed by atoms with Crippen LogP contribution in [0.25, 0.3) is 0 Å². The summed E-state index contributed by atoms with van der Waals surface area (Å²) in [6.45, 7) is 0. The molecule has 0 spiro atoms. The van der Waals surface area contributed by atoms with E-state index in [0.29, 0.717) is 0 Å².